The number of nitrogens with zero attached hydrogens (tertiary/aromatic N) is 2. The molecule has 0 aliphatic rings. The van der Waals surface area contributed by atoms with Crippen molar-refractivity contribution in [1.29, 1.82) is 5.26 Å². The number of hydrogen-bond acceptors (Lipinski definition) is 4. The largest absolute Gasteiger partial charge is 0.476 e. The summed E-state index contributed by atoms with van der Waals surface area (Å²) in [4.78, 5) is 3.96. The summed E-state index contributed by atoms with van der Waals surface area (Å²) in [6.07, 6.45) is 1.52. The molecule has 0 spiro atoms. The second kappa shape index (κ2) is 4.47. The monoisotopic (exact) mass is 191 g/mol. The third-order valence-corrected chi connectivity index (χ3v) is 1.63. The summed E-state index contributed by atoms with van der Waals surface area (Å²) < 4.78 is 5.35. The molecule has 1 rings (SSSR count). The lowest BCUT2D eigenvalue weighted by molar-refractivity contribution is 0.263. The Morgan fingerprint density at radius 1 is 1.64 bits per heavy atom. The molecule has 0 bridgehead atoms. The minimum atomic E-state index is 0.315. The summed E-state index contributed by atoms with van der Waals surface area (Å²) in [5.41, 5.74) is 6.39. The predicted octanol–water partition coefficient (Wildman–Crippen LogP) is 1.57. The van der Waals surface area contributed by atoms with Gasteiger partial charge < -0.3 is 10.5 Å². The molecule has 74 valence electrons. The molecule has 0 amide bonds. The Kier molecular flexibility index (Phi) is 3.29. The van der Waals surface area contributed by atoms with Gasteiger partial charge >= 0.3 is 0 Å². The normalized spacial score (nSPS) is 9.86. The summed E-state index contributed by atoms with van der Waals surface area (Å²) in [5.74, 6) is 0.750. The molecule has 1 aromatic rings. The van der Waals surface area contributed by atoms with Gasteiger partial charge in [-0.25, -0.2) is 4.98 Å². The van der Waals surface area contributed by atoms with Crippen molar-refractivity contribution in [3.8, 4) is 11.9 Å². The van der Waals surface area contributed by atoms with E-state index in [-0.39, 0.29) is 0 Å². The van der Waals surface area contributed by atoms with Crippen LogP contribution in [0, 0.1) is 17.2 Å². The van der Waals surface area contributed by atoms with Gasteiger partial charge in [0.15, 0.2) is 0 Å². The zero-order valence-corrected chi connectivity index (χ0v) is 8.32. The summed E-state index contributed by atoms with van der Waals surface area (Å²) in [6.45, 7) is 4.61. The smallest absolute Gasteiger partial charge is 0.238 e. The van der Waals surface area contributed by atoms with Gasteiger partial charge in [0.05, 0.1) is 12.2 Å². The van der Waals surface area contributed by atoms with E-state index in [2.05, 4.69) is 4.98 Å². The third kappa shape index (κ3) is 2.36. The third-order valence-electron chi connectivity index (χ3n) is 1.63. The minimum absolute atomic E-state index is 0.315. The maximum absolute atomic E-state index is 8.71. The van der Waals surface area contributed by atoms with Crippen molar-refractivity contribution in [1.82, 2.24) is 4.98 Å². The van der Waals surface area contributed by atoms with Crippen LogP contribution in [0.3, 0.4) is 0 Å². The Balaban J connectivity index is 2.83. The SMILES string of the molecule is CC(C)COc1nccc(C#N)c1N. The molecule has 0 aromatic carbocycles. The van der Waals surface area contributed by atoms with E-state index < -0.39 is 0 Å². The van der Waals surface area contributed by atoms with E-state index >= 15 is 0 Å². The van der Waals surface area contributed by atoms with Crippen molar-refractivity contribution in [2.45, 2.75) is 13.8 Å². The van der Waals surface area contributed by atoms with Gasteiger partial charge in [0.1, 0.15) is 11.8 Å². The van der Waals surface area contributed by atoms with Crippen molar-refractivity contribution in [3.63, 3.8) is 0 Å². The molecule has 0 aliphatic heterocycles. The van der Waals surface area contributed by atoms with E-state index in [0.717, 1.165) is 0 Å². The van der Waals surface area contributed by atoms with Gasteiger partial charge in [0.25, 0.3) is 0 Å². The molecule has 0 saturated carbocycles. The van der Waals surface area contributed by atoms with E-state index in [4.69, 9.17) is 15.7 Å². The fourth-order valence-corrected chi connectivity index (χ4v) is 0.912. The summed E-state index contributed by atoms with van der Waals surface area (Å²) in [5, 5.41) is 8.71. The number of nitrogen functional groups attached to an aromatic ring is 1. The van der Waals surface area contributed by atoms with Gasteiger partial charge in [0.2, 0.25) is 5.88 Å². The number of anilines is 1. The molecular weight excluding hydrogens is 178 g/mol. The molecule has 4 nitrogen and oxygen atoms in total. The zero-order valence-electron chi connectivity index (χ0n) is 8.32. The first-order valence-corrected chi connectivity index (χ1v) is 4.42. The van der Waals surface area contributed by atoms with Crippen molar-refractivity contribution >= 4 is 5.69 Å². The van der Waals surface area contributed by atoms with E-state index in [1.54, 1.807) is 6.07 Å². The highest BCUT2D eigenvalue weighted by Gasteiger charge is 2.07. The average molecular weight is 191 g/mol. The van der Waals surface area contributed by atoms with Crippen LogP contribution in [0.25, 0.3) is 0 Å². The van der Waals surface area contributed by atoms with Crippen molar-refractivity contribution in [3.05, 3.63) is 17.8 Å². The first kappa shape index (κ1) is 10.3. The van der Waals surface area contributed by atoms with Gasteiger partial charge in [-0.2, -0.15) is 5.26 Å². The first-order chi connectivity index (χ1) is 6.65. The summed E-state index contributed by atoms with van der Waals surface area (Å²) in [7, 11) is 0. The Morgan fingerprint density at radius 3 is 2.93 bits per heavy atom. The van der Waals surface area contributed by atoms with Crippen LogP contribution in [0.5, 0.6) is 5.88 Å². The quantitative estimate of drug-likeness (QED) is 0.787. The molecule has 0 saturated heterocycles. The Hall–Kier alpha value is -1.76. The second-order valence-electron chi connectivity index (χ2n) is 3.39. The highest BCUT2D eigenvalue weighted by atomic mass is 16.5. The van der Waals surface area contributed by atoms with Gasteiger partial charge in [-0.1, -0.05) is 13.8 Å². The zero-order chi connectivity index (χ0) is 10.6. The lowest BCUT2D eigenvalue weighted by atomic mass is 10.2. The number of nitrogens with two attached hydrogens (primary N) is 1. The maximum atomic E-state index is 8.71. The Labute approximate surface area is 83.3 Å². The van der Waals surface area contributed by atoms with Crippen LogP contribution in [-0.2, 0) is 0 Å². The average Bonchev–Trinajstić information content (AvgIpc) is 2.16. The fraction of sp³-hybridized carbons (Fsp3) is 0.400. The van der Waals surface area contributed by atoms with Crippen LogP contribution in [0.2, 0.25) is 0 Å². The van der Waals surface area contributed by atoms with E-state index in [9.17, 15) is 0 Å². The van der Waals surface area contributed by atoms with Crippen molar-refractivity contribution in [2.75, 3.05) is 12.3 Å². The van der Waals surface area contributed by atoms with Crippen LogP contribution < -0.4 is 10.5 Å². The first-order valence-electron chi connectivity index (χ1n) is 4.42. The van der Waals surface area contributed by atoms with E-state index in [1.807, 2.05) is 19.9 Å². The van der Waals surface area contributed by atoms with Gasteiger partial charge in [-0.15, -0.1) is 0 Å². The number of aromatic nitrogens is 1. The molecule has 1 aromatic heterocycles. The summed E-state index contributed by atoms with van der Waals surface area (Å²) >= 11 is 0. The second-order valence-corrected chi connectivity index (χ2v) is 3.39. The van der Waals surface area contributed by atoms with E-state index in [1.165, 1.54) is 6.20 Å². The molecule has 2 N–H and O–H groups in total. The molecule has 0 aliphatic carbocycles. The highest BCUT2D eigenvalue weighted by molar-refractivity contribution is 5.59. The van der Waals surface area contributed by atoms with Crippen LogP contribution in [0.15, 0.2) is 12.3 Å². The Bertz CT molecular complexity index is 355. The molecule has 0 unspecified atom stereocenters. The molecule has 14 heavy (non-hydrogen) atoms. The molecule has 1 heterocycles. The molecule has 4 heteroatoms. The Morgan fingerprint density at radius 2 is 2.36 bits per heavy atom. The number of rotatable bonds is 3. The van der Waals surface area contributed by atoms with Crippen LogP contribution in [0.1, 0.15) is 19.4 Å². The van der Waals surface area contributed by atoms with Gasteiger partial charge in [-0.3, -0.25) is 0 Å². The lowest BCUT2D eigenvalue weighted by Crippen LogP contribution is -2.08. The van der Waals surface area contributed by atoms with Crippen LogP contribution in [0.4, 0.5) is 5.69 Å². The highest BCUT2D eigenvalue weighted by Crippen LogP contribution is 2.21. The van der Waals surface area contributed by atoms with Crippen molar-refractivity contribution in [2.24, 2.45) is 5.92 Å². The lowest BCUT2D eigenvalue weighted by Gasteiger charge is -2.09. The minimum Gasteiger partial charge on any atom is -0.476 e. The molecule has 0 fully saturated rings. The number of ether oxygens (including phenoxy) is 1. The number of pyridine rings is 1. The predicted molar refractivity (Wildman–Crippen MR) is 53.7 cm³/mol. The molecular formula is C10H13N3O. The van der Waals surface area contributed by atoms with Crippen molar-refractivity contribution < 1.29 is 4.74 Å². The van der Waals surface area contributed by atoms with Gasteiger partial charge in [-0.05, 0) is 12.0 Å². The van der Waals surface area contributed by atoms with Crippen LogP contribution in [-0.4, -0.2) is 11.6 Å². The van der Waals surface area contributed by atoms with E-state index in [0.29, 0.717) is 29.7 Å². The van der Waals surface area contributed by atoms with Crippen LogP contribution >= 0.6 is 0 Å². The topological polar surface area (TPSA) is 71.9 Å². The molecule has 0 atom stereocenters. The number of nitriles is 1. The van der Waals surface area contributed by atoms with Gasteiger partial charge in [0, 0.05) is 6.20 Å². The maximum Gasteiger partial charge on any atom is 0.238 e. The number of hydrogen-bond donors (Lipinski definition) is 1. The standard InChI is InChI=1S/C10H13N3O/c1-7(2)6-14-10-9(12)8(5-11)3-4-13-10/h3-4,7H,6,12H2,1-2H3. The fourth-order valence-electron chi connectivity index (χ4n) is 0.912. The molecule has 0 radical (unpaired) electrons. The summed E-state index contributed by atoms with van der Waals surface area (Å²) in [6, 6.07) is 3.55.